The number of thiophene rings is 1. The predicted molar refractivity (Wildman–Crippen MR) is 147 cm³/mol. The van der Waals surface area contributed by atoms with Crippen LogP contribution >= 0.6 is 11.3 Å². The molecule has 0 saturated carbocycles. The zero-order chi connectivity index (χ0) is 25.5. The molecule has 0 atom stereocenters. The zero-order valence-electron chi connectivity index (χ0n) is 21.1. The fraction of sp³-hybridized carbons (Fsp3) is 0.250. The third kappa shape index (κ3) is 4.54. The van der Waals surface area contributed by atoms with E-state index < -0.39 is 11.9 Å². The van der Waals surface area contributed by atoms with Crippen LogP contribution in [0.5, 0.6) is 0 Å². The highest BCUT2D eigenvalue weighted by Gasteiger charge is 2.38. The molecule has 3 nitrogen and oxygen atoms in total. The van der Waals surface area contributed by atoms with Crippen molar-refractivity contribution in [2.24, 2.45) is 0 Å². The molecule has 1 aliphatic rings. The molecule has 0 radical (unpaired) electrons. The summed E-state index contributed by atoms with van der Waals surface area (Å²) in [4.78, 5) is 24.9. The SMILES string of the molecule is CC1(C)CCC(C)(C)c2cc(-c3ccsc3)c(-c3ccc(C(=O)OC(=O)c4ccccc4)cc3)cc21. The quantitative estimate of drug-likeness (QED) is 0.211. The van der Waals surface area contributed by atoms with Crippen LogP contribution in [-0.2, 0) is 15.6 Å². The van der Waals surface area contributed by atoms with Gasteiger partial charge in [-0.2, -0.15) is 11.3 Å². The van der Waals surface area contributed by atoms with E-state index in [0.717, 1.165) is 24.0 Å². The van der Waals surface area contributed by atoms with Crippen LogP contribution in [0.1, 0.15) is 72.4 Å². The normalized spacial score (nSPS) is 15.7. The lowest BCUT2D eigenvalue weighted by Gasteiger charge is -2.42. The minimum atomic E-state index is -0.651. The van der Waals surface area contributed by atoms with Crippen LogP contribution < -0.4 is 0 Å². The van der Waals surface area contributed by atoms with E-state index in [4.69, 9.17) is 4.74 Å². The molecule has 1 aromatic heterocycles. The van der Waals surface area contributed by atoms with Crippen molar-refractivity contribution in [3.05, 3.63) is 106 Å². The number of benzene rings is 3. The minimum Gasteiger partial charge on any atom is -0.386 e. The van der Waals surface area contributed by atoms with Gasteiger partial charge in [0.2, 0.25) is 0 Å². The van der Waals surface area contributed by atoms with Gasteiger partial charge >= 0.3 is 11.9 Å². The highest BCUT2D eigenvalue weighted by molar-refractivity contribution is 7.08. The molecule has 4 heteroatoms. The molecule has 1 heterocycles. The second-order valence-electron chi connectivity index (χ2n) is 10.8. The van der Waals surface area contributed by atoms with Crippen LogP contribution in [0.2, 0.25) is 0 Å². The fourth-order valence-electron chi connectivity index (χ4n) is 5.07. The van der Waals surface area contributed by atoms with Gasteiger partial charge in [-0.15, -0.1) is 0 Å². The number of ether oxygens (including phenoxy) is 1. The molecule has 0 unspecified atom stereocenters. The number of rotatable bonds is 4. The molecule has 3 aromatic carbocycles. The van der Waals surface area contributed by atoms with Gasteiger partial charge < -0.3 is 4.74 Å². The first-order valence-electron chi connectivity index (χ1n) is 12.3. The molecule has 0 amide bonds. The number of fused-ring (bicyclic) bond motifs is 1. The Balaban J connectivity index is 1.52. The van der Waals surface area contributed by atoms with Crippen molar-refractivity contribution in [1.82, 2.24) is 0 Å². The summed E-state index contributed by atoms with van der Waals surface area (Å²) in [6, 6.07) is 22.8. The predicted octanol–water partition coefficient (Wildman–Crippen LogP) is 8.43. The molecule has 5 rings (SSSR count). The summed E-state index contributed by atoms with van der Waals surface area (Å²) in [7, 11) is 0. The first kappa shape index (κ1) is 24.2. The molecule has 0 fully saturated rings. The van der Waals surface area contributed by atoms with Crippen molar-refractivity contribution in [3.63, 3.8) is 0 Å². The lowest BCUT2D eigenvalue weighted by Crippen LogP contribution is -2.34. The maximum Gasteiger partial charge on any atom is 0.346 e. The van der Waals surface area contributed by atoms with E-state index >= 15 is 0 Å². The first-order valence-corrected chi connectivity index (χ1v) is 13.2. The van der Waals surface area contributed by atoms with Crippen LogP contribution in [0, 0.1) is 0 Å². The van der Waals surface area contributed by atoms with Crippen molar-refractivity contribution >= 4 is 23.3 Å². The van der Waals surface area contributed by atoms with Crippen LogP contribution in [0.15, 0.2) is 83.6 Å². The lowest BCUT2D eigenvalue weighted by molar-refractivity contribution is 0.0398. The molecule has 0 spiro atoms. The summed E-state index contributed by atoms with van der Waals surface area (Å²) in [6.07, 6.45) is 2.30. The van der Waals surface area contributed by atoms with Crippen molar-refractivity contribution < 1.29 is 14.3 Å². The Morgan fingerprint density at radius 1 is 0.694 bits per heavy atom. The Labute approximate surface area is 216 Å². The Hall–Kier alpha value is -3.50. The topological polar surface area (TPSA) is 43.4 Å². The van der Waals surface area contributed by atoms with Crippen LogP contribution in [0.3, 0.4) is 0 Å². The summed E-state index contributed by atoms with van der Waals surface area (Å²) in [5.74, 6) is -1.30. The zero-order valence-corrected chi connectivity index (χ0v) is 21.9. The van der Waals surface area contributed by atoms with Crippen molar-refractivity contribution in [2.45, 2.75) is 51.4 Å². The van der Waals surface area contributed by atoms with Gasteiger partial charge in [0, 0.05) is 0 Å². The van der Waals surface area contributed by atoms with Crippen molar-refractivity contribution in [1.29, 1.82) is 0 Å². The number of hydrogen-bond acceptors (Lipinski definition) is 4. The number of esters is 2. The van der Waals surface area contributed by atoms with Gasteiger partial charge in [0.1, 0.15) is 0 Å². The molecule has 4 aromatic rings. The summed E-state index contributed by atoms with van der Waals surface area (Å²) in [6.45, 7) is 9.35. The first-order chi connectivity index (χ1) is 17.2. The van der Waals surface area contributed by atoms with Gasteiger partial charge in [-0.25, -0.2) is 9.59 Å². The van der Waals surface area contributed by atoms with Crippen LogP contribution in [0.4, 0.5) is 0 Å². The van der Waals surface area contributed by atoms with Crippen LogP contribution in [-0.4, -0.2) is 11.9 Å². The lowest BCUT2D eigenvalue weighted by atomic mass is 9.62. The third-order valence-corrected chi connectivity index (χ3v) is 8.13. The molecule has 0 aliphatic heterocycles. The molecule has 1 aliphatic carbocycles. The van der Waals surface area contributed by atoms with E-state index in [1.165, 1.54) is 22.3 Å². The number of carbonyl (C=O) groups excluding carboxylic acids is 2. The third-order valence-electron chi connectivity index (χ3n) is 7.45. The average Bonchev–Trinajstić information content (AvgIpc) is 3.42. The molecule has 0 bridgehead atoms. The monoisotopic (exact) mass is 494 g/mol. The second kappa shape index (κ2) is 9.18. The van der Waals surface area contributed by atoms with Crippen molar-refractivity contribution in [3.8, 4) is 22.3 Å². The van der Waals surface area contributed by atoms with Gasteiger partial charge in [0.15, 0.2) is 0 Å². The van der Waals surface area contributed by atoms with E-state index in [0.29, 0.717) is 11.1 Å². The smallest absolute Gasteiger partial charge is 0.346 e. The van der Waals surface area contributed by atoms with Crippen LogP contribution in [0.25, 0.3) is 22.3 Å². The van der Waals surface area contributed by atoms with Gasteiger partial charge in [-0.05, 0) is 110 Å². The molecular weight excluding hydrogens is 464 g/mol. The Kier molecular flexibility index (Phi) is 6.17. The standard InChI is InChI=1S/C32H30O3S/c1-31(2)15-16-32(3,4)28-19-26(24-14-17-36-20-24)25(18-27(28)31)21-10-12-23(13-11-21)30(34)35-29(33)22-8-6-5-7-9-22/h5-14,17-20H,15-16H2,1-4H3. The van der Waals surface area contributed by atoms with Gasteiger partial charge in [0.25, 0.3) is 0 Å². The number of carbonyl (C=O) groups is 2. The Bertz CT molecular complexity index is 1410. The Morgan fingerprint density at radius 3 is 1.75 bits per heavy atom. The minimum absolute atomic E-state index is 0.0916. The van der Waals surface area contributed by atoms with Gasteiger partial charge in [-0.3, -0.25) is 0 Å². The fourth-order valence-corrected chi connectivity index (χ4v) is 5.73. The maximum atomic E-state index is 12.6. The highest BCUT2D eigenvalue weighted by Crippen LogP contribution is 2.49. The van der Waals surface area contributed by atoms with E-state index in [2.05, 4.69) is 56.7 Å². The highest BCUT2D eigenvalue weighted by atomic mass is 32.1. The molecule has 0 N–H and O–H groups in total. The molecule has 182 valence electrons. The number of hydrogen-bond donors (Lipinski definition) is 0. The largest absolute Gasteiger partial charge is 0.386 e. The molecule has 36 heavy (non-hydrogen) atoms. The summed E-state index contributed by atoms with van der Waals surface area (Å²) >= 11 is 1.69. The average molecular weight is 495 g/mol. The Morgan fingerprint density at radius 2 is 1.22 bits per heavy atom. The van der Waals surface area contributed by atoms with E-state index in [-0.39, 0.29) is 10.8 Å². The maximum absolute atomic E-state index is 12.6. The van der Waals surface area contributed by atoms with Gasteiger partial charge in [-0.1, -0.05) is 58.0 Å². The van der Waals surface area contributed by atoms with Crippen molar-refractivity contribution in [2.75, 3.05) is 0 Å². The van der Waals surface area contributed by atoms with E-state index in [9.17, 15) is 9.59 Å². The molecular formula is C32H30O3S. The summed E-state index contributed by atoms with van der Waals surface area (Å²) < 4.78 is 5.10. The van der Waals surface area contributed by atoms with E-state index in [1.807, 2.05) is 18.2 Å². The summed E-state index contributed by atoms with van der Waals surface area (Å²) in [5.41, 5.74) is 8.31. The van der Waals surface area contributed by atoms with Gasteiger partial charge in [0.05, 0.1) is 11.1 Å². The summed E-state index contributed by atoms with van der Waals surface area (Å²) in [5, 5.41) is 4.30. The van der Waals surface area contributed by atoms with E-state index in [1.54, 1.807) is 47.7 Å². The molecule has 0 saturated heterocycles. The second-order valence-corrected chi connectivity index (χ2v) is 11.6.